The molecule has 0 unspecified atom stereocenters. The van der Waals surface area contributed by atoms with E-state index >= 15 is 4.79 Å². The molecule has 8 aromatic carbocycles. The van der Waals surface area contributed by atoms with Crippen molar-refractivity contribution < 1.29 is 51.6 Å². The summed E-state index contributed by atoms with van der Waals surface area (Å²) in [6.07, 6.45) is 0.0891. The zero-order valence-electron chi connectivity index (χ0n) is 38.4. The summed E-state index contributed by atoms with van der Waals surface area (Å²) in [5.41, 5.74) is 3.26. The molecule has 0 aliphatic heterocycles. The fraction of sp³-hybridized carbons (Fsp3) is 0.121. The molecule has 0 aliphatic rings. The minimum atomic E-state index is -4.09. The largest absolute Gasteiger partial charge is 0.508 e. The smallest absolute Gasteiger partial charge is 0.339 e. The van der Waals surface area contributed by atoms with E-state index in [0.29, 0.717) is 5.56 Å². The lowest BCUT2D eigenvalue weighted by Crippen LogP contribution is -2.40. The lowest BCUT2D eigenvalue weighted by molar-refractivity contribution is 0.0463. The Bertz CT molecular complexity index is 3090. The summed E-state index contributed by atoms with van der Waals surface area (Å²) >= 11 is 0. The highest BCUT2D eigenvalue weighted by Gasteiger charge is 2.32. The van der Waals surface area contributed by atoms with Crippen LogP contribution in [0, 0.1) is 0 Å². The normalized spacial score (nSPS) is 11.5. The van der Waals surface area contributed by atoms with Gasteiger partial charge >= 0.3 is 11.9 Å². The summed E-state index contributed by atoms with van der Waals surface area (Å²) in [7, 11) is -4.09. The van der Waals surface area contributed by atoms with Gasteiger partial charge in [-0.2, -0.15) is 0 Å². The van der Waals surface area contributed by atoms with Crippen LogP contribution in [0.3, 0.4) is 0 Å². The van der Waals surface area contributed by atoms with Gasteiger partial charge in [0.05, 0.1) is 27.6 Å². The third-order valence-corrected chi connectivity index (χ3v) is 12.7. The Labute approximate surface area is 412 Å². The summed E-state index contributed by atoms with van der Waals surface area (Å²) in [5.74, 6) is -2.45. The van der Waals surface area contributed by atoms with Gasteiger partial charge in [-0.1, -0.05) is 158 Å². The number of carbonyl (C=O) groups excluding carboxylic acids is 3. The Morgan fingerprint density at radius 1 is 0.465 bits per heavy atom. The van der Waals surface area contributed by atoms with Crippen LogP contribution in [0.2, 0.25) is 0 Å². The van der Waals surface area contributed by atoms with Crippen LogP contribution in [0.15, 0.2) is 211 Å². The maximum Gasteiger partial charge on any atom is 0.339 e. The average molecular weight is 968 g/mol. The van der Waals surface area contributed by atoms with Crippen LogP contribution in [-0.4, -0.2) is 43.9 Å². The third-order valence-electron chi connectivity index (χ3n) is 11.1. The first-order chi connectivity index (χ1) is 34.6. The van der Waals surface area contributed by atoms with Crippen molar-refractivity contribution >= 4 is 27.7 Å². The number of phenolic OH excluding ortho intramolecular Hbond substituents is 1. The Hall–Kier alpha value is -8.52. The first kappa shape index (κ1) is 48.9. The lowest BCUT2D eigenvalue weighted by atomic mass is 9.94. The van der Waals surface area contributed by atoms with Gasteiger partial charge in [0.1, 0.15) is 61.6 Å². The number of hydrogen-bond acceptors (Lipinski definition) is 11. The molecule has 8 rings (SSSR count). The quantitative estimate of drug-likeness (QED) is 0.0491. The van der Waals surface area contributed by atoms with Crippen molar-refractivity contribution in [3.05, 3.63) is 256 Å². The van der Waals surface area contributed by atoms with Gasteiger partial charge in [-0.15, -0.1) is 0 Å². The number of rotatable bonds is 22. The maximum absolute atomic E-state index is 15.6. The standard InChI is InChI=1S/C58H49NO11S/c60-48-31-29-41(30-32-48)33-47(59-71(64,65)49-25-14-5-15-26-49)40-70-57(62)46-34-52(67-37-43-19-8-2-9-20-43)55(53(35-46)68-38-44-21-10-3-11-22-44)56(61)54-50(58(63)69-39-45-23-12-4-13-24-45)27-16-28-51(54)66-36-42-17-6-1-7-18-42/h1-32,34-35,47,59-60H,33,36-40H2/t47-/m1/s1. The number of phenols is 1. The van der Waals surface area contributed by atoms with Crippen molar-refractivity contribution in [3.63, 3.8) is 0 Å². The van der Waals surface area contributed by atoms with Crippen molar-refractivity contribution in [3.8, 4) is 23.0 Å². The topological polar surface area (TPSA) is 164 Å². The predicted octanol–water partition coefficient (Wildman–Crippen LogP) is 10.5. The monoisotopic (exact) mass is 967 g/mol. The van der Waals surface area contributed by atoms with Gasteiger partial charge in [0.25, 0.3) is 0 Å². The number of esters is 2. The second-order valence-corrected chi connectivity index (χ2v) is 18.1. The number of carbonyl (C=O) groups is 3. The van der Waals surface area contributed by atoms with Crippen LogP contribution in [0.5, 0.6) is 23.0 Å². The van der Waals surface area contributed by atoms with Crippen molar-refractivity contribution in [2.24, 2.45) is 0 Å². The average Bonchev–Trinajstić information content (AvgIpc) is 3.41. The molecule has 0 saturated carbocycles. The highest BCUT2D eigenvalue weighted by Crippen LogP contribution is 2.38. The summed E-state index contributed by atoms with van der Waals surface area (Å²) < 4.78 is 60.9. The predicted molar refractivity (Wildman–Crippen MR) is 267 cm³/mol. The van der Waals surface area contributed by atoms with Crippen molar-refractivity contribution in [1.29, 1.82) is 0 Å². The summed E-state index contributed by atoms with van der Waals surface area (Å²) in [5, 5.41) is 9.93. The van der Waals surface area contributed by atoms with E-state index in [9.17, 15) is 23.1 Å². The molecule has 13 heteroatoms. The SMILES string of the molecule is O=C(OC[C@@H](Cc1ccc(O)cc1)NS(=O)(=O)c1ccccc1)c1cc(OCc2ccccc2)c(C(=O)c2c(OCc3ccccc3)cccc2C(=O)OCc2ccccc2)c(OCc2ccccc2)c1. The zero-order chi connectivity index (χ0) is 49.4. The highest BCUT2D eigenvalue weighted by molar-refractivity contribution is 7.89. The Kier molecular flexibility index (Phi) is 16.3. The molecule has 0 aromatic heterocycles. The Morgan fingerprint density at radius 2 is 0.930 bits per heavy atom. The Morgan fingerprint density at radius 3 is 1.44 bits per heavy atom. The molecule has 71 heavy (non-hydrogen) atoms. The molecule has 358 valence electrons. The van der Waals surface area contributed by atoms with Gasteiger partial charge in [-0.3, -0.25) is 4.79 Å². The van der Waals surface area contributed by atoms with Gasteiger partial charge < -0.3 is 28.8 Å². The maximum atomic E-state index is 15.6. The number of nitrogens with one attached hydrogen (secondary N) is 1. The van der Waals surface area contributed by atoms with Crippen LogP contribution >= 0.6 is 0 Å². The fourth-order valence-corrected chi connectivity index (χ4v) is 8.79. The minimum Gasteiger partial charge on any atom is -0.508 e. The molecule has 0 saturated heterocycles. The van der Waals surface area contributed by atoms with E-state index < -0.39 is 40.4 Å². The number of aromatic hydroxyl groups is 1. The second kappa shape index (κ2) is 23.7. The number of benzene rings is 8. The van der Waals surface area contributed by atoms with E-state index in [-0.39, 0.29) is 83.0 Å². The van der Waals surface area contributed by atoms with E-state index in [0.717, 1.165) is 22.3 Å². The van der Waals surface area contributed by atoms with Gasteiger partial charge in [0, 0.05) is 0 Å². The highest BCUT2D eigenvalue weighted by atomic mass is 32.2. The molecule has 0 aliphatic carbocycles. The molecular formula is C58H49NO11S. The van der Waals surface area contributed by atoms with Crippen molar-refractivity contribution in [2.75, 3.05) is 6.61 Å². The fourth-order valence-electron chi connectivity index (χ4n) is 7.54. The number of sulfonamides is 1. The number of hydrogen-bond donors (Lipinski definition) is 2. The molecular weight excluding hydrogens is 919 g/mol. The summed E-state index contributed by atoms with van der Waals surface area (Å²) in [6, 6.07) is 57.3. The molecule has 2 N–H and O–H groups in total. The van der Waals surface area contributed by atoms with Crippen LogP contribution in [0.4, 0.5) is 0 Å². The number of ether oxygens (including phenoxy) is 5. The second-order valence-electron chi connectivity index (χ2n) is 16.3. The van der Waals surface area contributed by atoms with E-state index in [4.69, 9.17) is 23.7 Å². The van der Waals surface area contributed by atoms with Crippen LogP contribution in [0.1, 0.15) is 64.5 Å². The van der Waals surface area contributed by atoms with Crippen LogP contribution in [-0.2, 0) is 52.3 Å². The molecule has 12 nitrogen and oxygen atoms in total. The van der Waals surface area contributed by atoms with Gasteiger partial charge in [0.15, 0.2) is 0 Å². The van der Waals surface area contributed by atoms with Crippen molar-refractivity contribution in [2.45, 2.75) is 43.8 Å². The summed E-state index contributed by atoms with van der Waals surface area (Å²) in [6.45, 7) is -0.539. The molecule has 0 spiro atoms. The molecule has 0 amide bonds. The zero-order valence-corrected chi connectivity index (χ0v) is 39.2. The molecule has 0 heterocycles. The van der Waals surface area contributed by atoms with E-state index in [2.05, 4.69) is 4.72 Å². The first-order valence-corrected chi connectivity index (χ1v) is 24.2. The van der Waals surface area contributed by atoms with Gasteiger partial charge in [-0.25, -0.2) is 22.7 Å². The van der Waals surface area contributed by atoms with E-state index in [1.165, 1.54) is 42.5 Å². The Balaban J connectivity index is 1.20. The van der Waals surface area contributed by atoms with E-state index in [1.54, 1.807) is 42.5 Å². The van der Waals surface area contributed by atoms with Gasteiger partial charge in [0.2, 0.25) is 15.8 Å². The van der Waals surface area contributed by atoms with Crippen molar-refractivity contribution in [1.82, 2.24) is 4.72 Å². The van der Waals surface area contributed by atoms with E-state index in [1.807, 2.05) is 121 Å². The molecule has 0 bridgehead atoms. The summed E-state index contributed by atoms with van der Waals surface area (Å²) in [4.78, 5) is 44.2. The number of ketones is 1. The lowest BCUT2D eigenvalue weighted by Gasteiger charge is -2.21. The van der Waals surface area contributed by atoms with Crippen LogP contribution < -0.4 is 18.9 Å². The first-order valence-electron chi connectivity index (χ1n) is 22.7. The third kappa shape index (κ3) is 13.4. The molecule has 0 fully saturated rings. The van der Waals surface area contributed by atoms with Crippen LogP contribution in [0.25, 0.3) is 0 Å². The molecule has 0 radical (unpaired) electrons. The van der Waals surface area contributed by atoms with Gasteiger partial charge in [-0.05, 0) is 82.8 Å². The molecule has 8 aromatic rings. The molecule has 1 atom stereocenters. The minimum absolute atomic E-state index is 0.0161.